The van der Waals surface area contributed by atoms with Gasteiger partial charge in [-0.3, -0.25) is 5.10 Å². The van der Waals surface area contributed by atoms with Crippen LogP contribution in [0, 0.1) is 11.3 Å². The van der Waals surface area contributed by atoms with E-state index < -0.39 is 0 Å². The van der Waals surface area contributed by atoms with Gasteiger partial charge in [-0.15, -0.1) is 11.3 Å². The smallest absolute Gasteiger partial charge is 0.166 e. The van der Waals surface area contributed by atoms with E-state index in [1.165, 1.54) is 6.33 Å². The first kappa shape index (κ1) is 17.5. The predicted octanol–water partition coefficient (Wildman–Crippen LogP) is 5.27. The summed E-state index contributed by atoms with van der Waals surface area (Å²) >= 11 is 14.1. The van der Waals surface area contributed by atoms with Crippen LogP contribution in [0.2, 0.25) is 10.0 Å². The minimum atomic E-state index is 0.296. The summed E-state index contributed by atoms with van der Waals surface area (Å²) in [5.41, 5.74) is 2.21. The number of aromatic amines is 1. The van der Waals surface area contributed by atoms with E-state index in [1.54, 1.807) is 23.5 Å². The van der Waals surface area contributed by atoms with Crippen molar-refractivity contribution in [1.29, 1.82) is 5.26 Å². The fourth-order valence-corrected chi connectivity index (χ4v) is 5.12. The van der Waals surface area contributed by atoms with E-state index >= 15 is 0 Å². The molecule has 0 spiro atoms. The zero-order valence-electron chi connectivity index (χ0n) is 13.6. The lowest BCUT2D eigenvalue weighted by atomic mass is 9.92. The number of nitrogens with zero attached hydrogens (tertiary/aromatic N) is 3. The van der Waals surface area contributed by atoms with Crippen LogP contribution in [-0.2, 0) is 4.74 Å². The number of nitriles is 1. The van der Waals surface area contributed by atoms with Gasteiger partial charge in [0.1, 0.15) is 12.4 Å². The van der Waals surface area contributed by atoms with Crippen LogP contribution in [0.1, 0.15) is 29.2 Å². The van der Waals surface area contributed by atoms with Gasteiger partial charge in [0.25, 0.3) is 0 Å². The van der Waals surface area contributed by atoms with Crippen molar-refractivity contribution in [3.05, 3.63) is 45.0 Å². The molecule has 0 atom stereocenters. The molecule has 3 aromatic rings. The third-order valence-corrected chi connectivity index (χ3v) is 6.38. The highest BCUT2D eigenvalue weighted by Gasteiger charge is 2.29. The molecule has 1 aliphatic rings. The van der Waals surface area contributed by atoms with Gasteiger partial charge in [-0.1, -0.05) is 29.3 Å². The van der Waals surface area contributed by atoms with Crippen molar-refractivity contribution in [2.24, 2.45) is 0 Å². The number of halogens is 2. The Labute approximate surface area is 164 Å². The summed E-state index contributed by atoms with van der Waals surface area (Å²) in [6.07, 6.45) is 3.26. The van der Waals surface area contributed by atoms with Crippen molar-refractivity contribution < 1.29 is 4.74 Å². The van der Waals surface area contributed by atoms with Crippen LogP contribution < -0.4 is 0 Å². The largest absolute Gasteiger partial charge is 0.381 e. The number of benzene rings is 1. The minimum Gasteiger partial charge on any atom is -0.381 e. The van der Waals surface area contributed by atoms with Gasteiger partial charge in [0.05, 0.1) is 10.4 Å². The van der Waals surface area contributed by atoms with Crippen LogP contribution in [0.15, 0.2) is 24.5 Å². The molecule has 0 radical (unpaired) electrons. The molecule has 0 aliphatic carbocycles. The summed E-state index contributed by atoms with van der Waals surface area (Å²) < 4.78 is 5.48. The molecule has 4 rings (SSSR count). The lowest BCUT2D eigenvalue weighted by Gasteiger charge is -2.21. The standard InChI is InChI=1S/C18H14Cl2N4OS/c19-11-1-2-12(14(20)7-11)15-13(8-21)16(10-3-5-25-6-4-10)26-17(15)18-22-9-23-24-18/h1-2,7,9-10H,3-6H2,(H,22,23,24). The number of rotatable bonds is 3. The highest BCUT2D eigenvalue weighted by Crippen LogP contribution is 2.48. The average molecular weight is 405 g/mol. The quantitative estimate of drug-likeness (QED) is 0.644. The van der Waals surface area contributed by atoms with Gasteiger partial charge in [-0.05, 0) is 30.9 Å². The maximum Gasteiger partial charge on any atom is 0.166 e. The lowest BCUT2D eigenvalue weighted by Crippen LogP contribution is -2.13. The Balaban J connectivity index is 1.95. The third-order valence-electron chi connectivity index (χ3n) is 4.47. The van der Waals surface area contributed by atoms with Gasteiger partial charge in [0.15, 0.2) is 5.82 Å². The number of hydrogen-bond donors (Lipinski definition) is 1. The van der Waals surface area contributed by atoms with Crippen molar-refractivity contribution >= 4 is 34.5 Å². The molecule has 26 heavy (non-hydrogen) atoms. The van der Waals surface area contributed by atoms with E-state index in [2.05, 4.69) is 21.3 Å². The van der Waals surface area contributed by atoms with Crippen LogP contribution >= 0.6 is 34.5 Å². The first-order valence-electron chi connectivity index (χ1n) is 8.14. The van der Waals surface area contributed by atoms with Gasteiger partial charge < -0.3 is 4.74 Å². The first-order valence-corrected chi connectivity index (χ1v) is 9.72. The number of aromatic nitrogens is 3. The van der Waals surface area contributed by atoms with E-state index in [1.807, 2.05) is 6.07 Å². The molecular weight excluding hydrogens is 391 g/mol. The van der Waals surface area contributed by atoms with Crippen LogP contribution in [0.4, 0.5) is 0 Å². The number of H-pyrrole nitrogens is 1. The molecule has 3 heterocycles. The van der Waals surface area contributed by atoms with Gasteiger partial charge in [-0.2, -0.15) is 10.4 Å². The second-order valence-corrected chi connectivity index (χ2v) is 7.90. The molecular formula is C18H14Cl2N4OS. The number of hydrogen-bond acceptors (Lipinski definition) is 5. The zero-order valence-corrected chi connectivity index (χ0v) is 16.0. The summed E-state index contributed by atoms with van der Waals surface area (Å²) in [5.74, 6) is 0.927. The Morgan fingerprint density at radius 3 is 2.73 bits per heavy atom. The highest BCUT2D eigenvalue weighted by atomic mass is 35.5. The monoisotopic (exact) mass is 404 g/mol. The average Bonchev–Trinajstić information content (AvgIpc) is 3.30. The van der Waals surface area contributed by atoms with Crippen LogP contribution in [0.3, 0.4) is 0 Å². The van der Waals surface area contributed by atoms with Gasteiger partial charge in [0, 0.05) is 39.3 Å². The van der Waals surface area contributed by atoms with Gasteiger partial charge >= 0.3 is 0 Å². The molecule has 0 saturated carbocycles. The predicted molar refractivity (Wildman–Crippen MR) is 103 cm³/mol. The summed E-state index contributed by atoms with van der Waals surface area (Å²) in [6.45, 7) is 1.42. The minimum absolute atomic E-state index is 0.296. The normalized spacial score (nSPS) is 15.1. The second-order valence-electron chi connectivity index (χ2n) is 6.00. The lowest BCUT2D eigenvalue weighted by molar-refractivity contribution is 0.0860. The molecule has 1 aromatic carbocycles. The Morgan fingerprint density at radius 1 is 1.27 bits per heavy atom. The number of ether oxygens (including phenoxy) is 1. The Hall–Kier alpha value is -1.91. The van der Waals surface area contributed by atoms with Crippen LogP contribution in [0.25, 0.3) is 21.8 Å². The van der Waals surface area contributed by atoms with Crippen molar-refractivity contribution in [3.8, 4) is 27.9 Å². The Bertz CT molecular complexity index is 972. The summed E-state index contributed by atoms with van der Waals surface area (Å²) in [4.78, 5) is 6.22. The molecule has 2 aromatic heterocycles. The van der Waals surface area contributed by atoms with E-state index in [9.17, 15) is 5.26 Å². The third kappa shape index (κ3) is 3.12. The molecule has 5 nitrogen and oxygen atoms in total. The van der Waals surface area contributed by atoms with Gasteiger partial charge in [-0.25, -0.2) is 4.98 Å². The van der Waals surface area contributed by atoms with E-state index in [0.717, 1.165) is 33.7 Å². The molecule has 0 unspecified atom stereocenters. The molecule has 0 bridgehead atoms. The van der Waals surface area contributed by atoms with Crippen LogP contribution in [-0.4, -0.2) is 28.4 Å². The number of thiophene rings is 1. The SMILES string of the molecule is N#Cc1c(C2CCOCC2)sc(-c2ncn[nH]2)c1-c1ccc(Cl)cc1Cl. The topological polar surface area (TPSA) is 74.6 Å². The van der Waals surface area contributed by atoms with E-state index in [4.69, 9.17) is 27.9 Å². The molecule has 132 valence electrons. The molecule has 1 N–H and O–H groups in total. The molecule has 1 saturated heterocycles. The van der Waals surface area contributed by atoms with Crippen molar-refractivity contribution in [2.75, 3.05) is 13.2 Å². The highest BCUT2D eigenvalue weighted by molar-refractivity contribution is 7.16. The Morgan fingerprint density at radius 2 is 2.08 bits per heavy atom. The Kier molecular flexibility index (Phi) is 4.96. The fraction of sp³-hybridized carbons (Fsp3) is 0.278. The molecule has 1 fully saturated rings. The van der Waals surface area contributed by atoms with Crippen molar-refractivity contribution in [2.45, 2.75) is 18.8 Å². The number of nitrogens with one attached hydrogen (secondary N) is 1. The second kappa shape index (κ2) is 7.37. The molecule has 0 amide bonds. The fourth-order valence-electron chi connectivity index (χ4n) is 3.24. The van der Waals surface area contributed by atoms with E-state index in [-0.39, 0.29) is 0 Å². The summed E-state index contributed by atoms with van der Waals surface area (Å²) in [5, 5.41) is 17.9. The summed E-state index contributed by atoms with van der Waals surface area (Å²) in [7, 11) is 0. The van der Waals surface area contributed by atoms with Gasteiger partial charge in [0.2, 0.25) is 0 Å². The first-order chi connectivity index (χ1) is 12.7. The summed E-state index contributed by atoms with van der Waals surface area (Å²) in [6, 6.07) is 7.72. The van der Waals surface area contributed by atoms with Crippen molar-refractivity contribution in [3.63, 3.8) is 0 Å². The molecule has 8 heteroatoms. The van der Waals surface area contributed by atoms with Crippen molar-refractivity contribution in [1.82, 2.24) is 15.2 Å². The maximum atomic E-state index is 9.96. The molecule has 1 aliphatic heterocycles. The van der Waals surface area contributed by atoms with Crippen LogP contribution in [0.5, 0.6) is 0 Å². The van der Waals surface area contributed by atoms with E-state index in [0.29, 0.717) is 40.6 Å². The maximum absolute atomic E-state index is 9.96. The zero-order chi connectivity index (χ0) is 18.1.